The summed E-state index contributed by atoms with van der Waals surface area (Å²) in [6.45, 7) is 8.68. The standard InChI is InChI=1S/C15H18FN3O2/c1-9-6-7-17-13(12(9)16)19-10(2)11(8-18-19)14(20)21-15(3,4)5/h6-8H,1-5H3. The van der Waals surface area contributed by atoms with E-state index in [4.69, 9.17) is 4.74 Å². The maximum Gasteiger partial charge on any atom is 0.342 e. The van der Waals surface area contributed by atoms with Crippen molar-refractivity contribution in [1.29, 1.82) is 0 Å². The van der Waals surface area contributed by atoms with E-state index in [1.165, 1.54) is 17.1 Å². The van der Waals surface area contributed by atoms with E-state index in [2.05, 4.69) is 10.1 Å². The van der Waals surface area contributed by atoms with Gasteiger partial charge in [0, 0.05) is 6.20 Å². The number of aromatic nitrogens is 3. The zero-order valence-electron chi connectivity index (χ0n) is 12.8. The first kappa shape index (κ1) is 15.2. The Morgan fingerprint density at radius 1 is 1.33 bits per heavy atom. The Hall–Kier alpha value is -2.24. The number of aryl methyl sites for hydroxylation is 1. The van der Waals surface area contributed by atoms with Crippen molar-refractivity contribution in [2.24, 2.45) is 0 Å². The molecule has 0 atom stereocenters. The summed E-state index contributed by atoms with van der Waals surface area (Å²) in [5, 5.41) is 4.05. The van der Waals surface area contributed by atoms with Crippen molar-refractivity contribution in [1.82, 2.24) is 14.8 Å². The van der Waals surface area contributed by atoms with Crippen molar-refractivity contribution in [3.05, 3.63) is 41.1 Å². The third-order valence-electron chi connectivity index (χ3n) is 2.89. The van der Waals surface area contributed by atoms with Crippen LogP contribution in [0.2, 0.25) is 0 Å². The van der Waals surface area contributed by atoms with Crippen LogP contribution in [0.1, 0.15) is 42.4 Å². The first-order chi connectivity index (χ1) is 9.70. The number of nitrogens with zero attached hydrogens (tertiary/aromatic N) is 3. The Kier molecular flexibility index (Phi) is 3.80. The second-order valence-corrected chi connectivity index (χ2v) is 5.82. The smallest absolute Gasteiger partial charge is 0.342 e. The molecule has 6 heteroatoms. The Labute approximate surface area is 122 Å². The van der Waals surface area contributed by atoms with Crippen molar-refractivity contribution in [2.45, 2.75) is 40.2 Å². The molecular formula is C15H18FN3O2. The topological polar surface area (TPSA) is 57.0 Å². The second kappa shape index (κ2) is 5.27. The van der Waals surface area contributed by atoms with E-state index in [9.17, 15) is 9.18 Å². The van der Waals surface area contributed by atoms with E-state index in [1.807, 2.05) is 0 Å². The van der Waals surface area contributed by atoms with Crippen LogP contribution in [0.15, 0.2) is 18.5 Å². The second-order valence-electron chi connectivity index (χ2n) is 5.82. The molecule has 112 valence electrons. The van der Waals surface area contributed by atoms with E-state index in [1.54, 1.807) is 40.7 Å². The van der Waals surface area contributed by atoms with E-state index < -0.39 is 17.4 Å². The SMILES string of the molecule is Cc1ccnc(-n2ncc(C(=O)OC(C)(C)C)c2C)c1F. The molecule has 2 aromatic heterocycles. The van der Waals surface area contributed by atoms with Gasteiger partial charge >= 0.3 is 5.97 Å². The van der Waals surface area contributed by atoms with Crippen molar-refractivity contribution in [3.63, 3.8) is 0 Å². The lowest BCUT2D eigenvalue weighted by Crippen LogP contribution is -2.24. The summed E-state index contributed by atoms with van der Waals surface area (Å²) in [6.07, 6.45) is 2.87. The third-order valence-corrected chi connectivity index (χ3v) is 2.89. The summed E-state index contributed by atoms with van der Waals surface area (Å²) in [6, 6.07) is 1.58. The van der Waals surface area contributed by atoms with Crippen LogP contribution in [0, 0.1) is 19.7 Å². The van der Waals surface area contributed by atoms with Crippen LogP contribution in [-0.4, -0.2) is 26.3 Å². The lowest BCUT2D eigenvalue weighted by atomic mass is 10.2. The van der Waals surface area contributed by atoms with Crippen LogP contribution >= 0.6 is 0 Å². The molecule has 0 radical (unpaired) electrons. The van der Waals surface area contributed by atoms with Gasteiger partial charge in [-0.3, -0.25) is 0 Å². The quantitative estimate of drug-likeness (QED) is 0.798. The van der Waals surface area contributed by atoms with Crippen molar-refractivity contribution < 1.29 is 13.9 Å². The van der Waals surface area contributed by atoms with Crippen LogP contribution in [0.25, 0.3) is 5.82 Å². The van der Waals surface area contributed by atoms with Crippen LogP contribution < -0.4 is 0 Å². The fourth-order valence-electron chi connectivity index (χ4n) is 1.83. The van der Waals surface area contributed by atoms with Crippen LogP contribution in [0.3, 0.4) is 0 Å². The van der Waals surface area contributed by atoms with Crippen LogP contribution in [0.4, 0.5) is 4.39 Å². The molecule has 0 saturated heterocycles. The van der Waals surface area contributed by atoms with Gasteiger partial charge in [-0.1, -0.05) is 0 Å². The number of pyridine rings is 1. The Balaban J connectivity index is 2.42. The van der Waals surface area contributed by atoms with Gasteiger partial charge in [-0.2, -0.15) is 5.10 Å². The molecule has 5 nitrogen and oxygen atoms in total. The molecule has 0 unspecified atom stereocenters. The highest BCUT2D eigenvalue weighted by Gasteiger charge is 2.23. The number of rotatable bonds is 2. The Morgan fingerprint density at radius 2 is 2.00 bits per heavy atom. The van der Waals surface area contributed by atoms with Gasteiger partial charge in [-0.25, -0.2) is 18.9 Å². The minimum absolute atomic E-state index is 0.0716. The fourth-order valence-corrected chi connectivity index (χ4v) is 1.83. The number of halogens is 1. The summed E-state index contributed by atoms with van der Waals surface area (Å²) in [5.41, 5.74) is 0.654. The minimum atomic E-state index is -0.599. The van der Waals surface area contributed by atoms with E-state index >= 15 is 0 Å². The van der Waals surface area contributed by atoms with Gasteiger partial charge in [-0.15, -0.1) is 0 Å². The lowest BCUT2D eigenvalue weighted by molar-refractivity contribution is 0.00687. The van der Waals surface area contributed by atoms with Gasteiger partial charge in [0.1, 0.15) is 11.2 Å². The highest BCUT2D eigenvalue weighted by Crippen LogP contribution is 2.19. The molecule has 0 aliphatic rings. The zero-order valence-corrected chi connectivity index (χ0v) is 12.8. The number of esters is 1. The third kappa shape index (κ3) is 3.09. The monoisotopic (exact) mass is 291 g/mol. The van der Waals surface area contributed by atoms with Gasteiger partial charge in [0.05, 0.1) is 11.9 Å². The maximum absolute atomic E-state index is 14.1. The molecule has 0 fully saturated rings. The first-order valence-electron chi connectivity index (χ1n) is 6.60. The summed E-state index contributed by atoms with van der Waals surface area (Å²) in [7, 11) is 0. The Morgan fingerprint density at radius 3 is 2.62 bits per heavy atom. The van der Waals surface area contributed by atoms with Gasteiger partial charge in [0.15, 0.2) is 11.6 Å². The molecule has 0 aliphatic carbocycles. The van der Waals surface area contributed by atoms with Crippen molar-refractivity contribution >= 4 is 5.97 Å². The molecule has 2 rings (SSSR count). The number of ether oxygens (including phenoxy) is 1. The Bertz CT molecular complexity index is 687. The van der Waals surface area contributed by atoms with Gasteiger partial charge in [0.2, 0.25) is 0 Å². The van der Waals surface area contributed by atoms with Gasteiger partial charge in [-0.05, 0) is 46.2 Å². The van der Waals surface area contributed by atoms with E-state index in [-0.39, 0.29) is 5.82 Å². The average molecular weight is 291 g/mol. The average Bonchev–Trinajstić information content (AvgIpc) is 2.73. The normalized spacial score (nSPS) is 11.5. The molecule has 0 spiro atoms. The molecule has 0 amide bonds. The van der Waals surface area contributed by atoms with E-state index in [0.29, 0.717) is 16.8 Å². The highest BCUT2D eigenvalue weighted by atomic mass is 19.1. The van der Waals surface area contributed by atoms with Crippen LogP contribution in [-0.2, 0) is 4.74 Å². The molecule has 21 heavy (non-hydrogen) atoms. The first-order valence-corrected chi connectivity index (χ1v) is 6.60. The van der Waals surface area contributed by atoms with Gasteiger partial charge in [0.25, 0.3) is 0 Å². The molecule has 0 bridgehead atoms. The zero-order chi connectivity index (χ0) is 15.8. The molecule has 2 aromatic rings. The fraction of sp³-hybridized carbons (Fsp3) is 0.400. The predicted molar refractivity (Wildman–Crippen MR) is 76.0 cm³/mol. The molecule has 0 aromatic carbocycles. The summed E-state index contributed by atoms with van der Waals surface area (Å²) in [4.78, 5) is 16.1. The van der Waals surface area contributed by atoms with Crippen molar-refractivity contribution in [2.75, 3.05) is 0 Å². The summed E-state index contributed by atoms with van der Waals surface area (Å²) in [5.74, 6) is -0.874. The summed E-state index contributed by atoms with van der Waals surface area (Å²) < 4.78 is 20.7. The number of carbonyl (C=O) groups is 1. The van der Waals surface area contributed by atoms with E-state index in [0.717, 1.165) is 0 Å². The molecule has 0 aliphatic heterocycles. The lowest BCUT2D eigenvalue weighted by Gasteiger charge is -2.19. The molecular weight excluding hydrogens is 273 g/mol. The van der Waals surface area contributed by atoms with Gasteiger partial charge < -0.3 is 4.74 Å². The number of hydrogen-bond acceptors (Lipinski definition) is 4. The number of hydrogen-bond donors (Lipinski definition) is 0. The minimum Gasteiger partial charge on any atom is -0.456 e. The summed E-state index contributed by atoms with van der Waals surface area (Å²) >= 11 is 0. The molecule has 0 saturated carbocycles. The van der Waals surface area contributed by atoms with Crippen molar-refractivity contribution in [3.8, 4) is 5.82 Å². The molecule has 2 heterocycles. The largest absolute Gasteiger partial charge is 0.456 e. The molecule has 0 N–H and O–H groups in total. The maximum atomic E-state index is 14.1. The predicted octanol–water partition coefficient (Wildman–Crippen LogP) is 2.98. The number of carbonyl (C=O) groups excluding carboxylic acids is 1. The van der Waals surface area contributed by atoms with Crippen LogP contribution in [0.5, 0.6) is 0 Å². The highest BCUT2D eigenvalue weighted by molar-refractivity contribution is 5.90.